The van der Waals surface area contributed by atoms with Crippen LogP contribution in [0.15, 0.2) is 11.6 Å². The van der Waals surface area contributed by atoms with E-state index in [9.17, 15) is 13.2 Å². The molecule has 1 aromatic rings. The molecule has 2 heterocycles. The van der Waals surface area contributed by atoms with E-state index in [1.807, 2.05) is 0 Å². The first-order chi connectivity index (χ1) is 8.08. The fourth-order valence-electron chi connectivity index (χ4n) is 1.72. The monoisotopic (exact) mass is 275 g/mol. The molecule has 0 saturated carbocycles. The summed E-state index contributed by atoms with van der Waals surface area (Å²) in [4.78, 5) is 15.3. The number of carbonyl (C=O) groups excluding carboxylic acids is 1. The number of urea groups is 1. The van der Waals surface area contributed by atoms with Gasteiger partial charge in [-0.05, 0) is 12.8 Å². The second kappa shape index (κ2) is 5.01. The van der Waals surface area contributed by atoms with Crippen LogP contribution in [-0.2, 0) is 9.84 Å². The first kappa shape index (κ1) is 12.3. The van der Waals surface area contributed by atoms with E-state index < -0.39 is 21.1 Å². The normalized spacial score (nSPS) is 22.2. The third-order valence-electron chi connectivity index (χ3n) is 2.61. The molecule has 1 unspecified atom stereocenters. The maximum absolute atomic E-state index is 11.5. The van der Waals surface area contributed by atoms with Crippen LogP contribution in [0.3, 0.4) is 0 Å². The lowest BCUT2D eigenvalue weighted by Gasteiger charge is -2.10. The van der Waals surface area contributed by atoms with Crippen molar-refractivity contribution in [2.45, 2.75) is 18.1 Å². The van der Waals surface area contributed by atoms with Crippen molar-refractivity contribution in [3.63, 3.8) is 0 Å². The lowest BCUT2D eigenvalue weighted by Crippen LogP contribution is -2.37. The Morgan fingerprint density at radius 2 is 2.41 bits per heavy atom. The van der Waals surface area contributed by atoms with E-state index in [-0.39, 0.29) is 12.3 Å². The van der Waals surface area contributed by atoms with Crippen LogP contribution >= 0.6 is 11.3 Å². The van der Waals surface area contributed by atoms with Crippen molar-refractivity contribution in [1.29, 1.82) is 0 Å². The molecule has 6 nitrogen and oxygen atoms in total. The van der Waals surface area contributed by atoms with Gasteiger partial charge in [0.15, 0.2) is 15.0 Å². The van der Waals surface area contributed by atoms with Gasteiger partial charge in [-0.25, -0.2) is 18.2 Å². The van der Waals surface area contributed by atoms with Crippen molar-refractivity contribution in [3.05, 3.63) is 11.6 Å². The summed E-state index contributed by atoms with van der Waals surface area (Å²) >= 11 is 1.31. The van der Waals surface area contributed by atoms with Gasteiger partial charge in [0.2, 0.25) is 0 Å². The van der Waals surface area contributed by atoms with Gasteiger partial charge in [0.25, 0.3) is 0 Å². The van der Waals surface area contributed by atoms with Crippen LogP contribution in [0, 0.1) is 0 Å². The van der Waals surface area contributed by atoms with Crippen molar-refractivity contribution < 1.29 is 13.2 Å². The molecule has 2 rings (SSSR count). The largest absolute Gasteiger partial charge is 0.337 e. The summed E-state index contributed by atoms with van der Waals surface area (Å²) in [5.74, 6) is 0.230. The molecule has 0 aliphatic carbocycles. The molecule has 1 aliphatic rings. The number of anilines is 1. The third-order valence-corrected chi connectivity index (χ3v) is 5.57. The van der Waals surface area contributed by atoms with E-state index in [0.717, 1.165) is 0 Å². The Hall–Kier alpha value is -1.15. The van der Waals surface area contributed by atoms with Gasteiger partial charge in [0, 0.05) is 18.1 Å². The molecule has 0 spiro atoms. The van der Waals surface area contributed by atoms with Crippen molar-refractivity contribution >= 4 is 32.3 Å². The van der Waals surface area contributed by atoms with Crippen LogP contribution < -0.4 is 10.6 Å². The first-order valence-electron chi connectivity index (χ1n) is 5.24. The number of hydrogen-bond donors (Lipinski definition) is 2. The average Bonchev–Trinajstić information content (AvgIpc) is 2.85. The van der Waals surface area contributed by atoms with Crippen LogP contribution in [0.4, 0.5) is 9.93 Å². The summed E-state index contributed by atoms with van der Waals surface area (Å²) in [6.45, 7) is 0.166. The number of nitrogens with zero attached hydrogens (tertiary/aromatic N) is 1. The van der Waals surface area contributed by atoms with Crippen LogP contribution in [0.2, 0.25) is 0 Å². The molecular weight excluding hydrogens is 262 g/mol. The lowest BCUT2D eigenvalue weighted by atomic mass is 10.2. The van der Waals surface area contributed by atoms with E-state index in [1.54, 1.807) is 11.6 Å². The SMILES string of the molecule is O=C(NCC1CCCS1(=O)=O)Nc1nccs1. The Labute approximate surface area is 103 Å². The van der Waals surface area contributed by atoms with Crippen LogP contribution in [0.1, 0.15) is 12.8 Å². The van der Waals surface area contributed by atoms with Crippen LogP contribution in [-0.4, -0.2) is 37.0 Å². The van der Waals surface area contributed by atoms with Crippen LogP contribution in [0.25, 0.3) is 0 Å². The van der Waals surface area contributed by atoms with Gasteiger partial charge in [0.05, 0.1) is 11.0 Å². The summed E-state index contributed by atoms with van der Waals surface area (Å²) in [5, 5.41) is 6.90. The Bertz CT molecular complexity index is 484. The number of amides is 2. The highest BCUT2D eigenvalue weighted by atomic mass is 32.2. The number of nitrogens with one attached hydrogen (secondary N) is 2. The van der Waals surface area contributed by atoms with Gasteiger partial charge < -0.3 is 5.32 Å². The van der Waals surface area contributed by atoms with Crippen molar-refractivity contribution in [3.8, 4) is 0 Å². The van der Waals surface area contributed by atoms with Gasteiger partial charge in [-0.3, -0.25) is 5.32 Å². The molecule has 2 amide bonds. The summed E-state index contributed by atoms with van der Waals surface area (Å²) in [5.41, 5.74) is 0. The lowest BCUT2D eigenvalue weighted by molar-refractivity contribution is 0.252. The zero-order valence-electron chi connectivity index (χ0n) is 9.05. The summed E-state index contributed by atoms with van der Waals surface area (Å²) in [6.07, 6.45) is 2.89. The minimum Gasteiger partial charge on any atom is -0.337 e. The molecule has 0 radical (unpaired) electrons. The zero-order valence-corrected chi connectivity index (χ0v) is 10.7. The molecule has 1 aliphatic heterocycles. The maximum atomic E-state index is 11.5. The van der Waals surface area contributed by atoms with Gasteiger partial charge >= 0.3 is 6.03 Å². The van der Waals surface area contributed by atoms with E-state index >= 15 is 0 Å². The highest BCUT2D eigenvalue weighted by Crippen LogP contribution is 2.19. The number of carbonyl (C=O) groups is 1. The number of aromatic nitrogens is 1. The predicted molar refractivity (Wildman–Crippen MR) is 65.9 cm³/mol. The van der Waals surface area contributed by atoms with Gasteiger partial charge in [-0.1, -0.05) is 0 Å². The van der Waals surface area contributed by atoms with Crippen molar-refractivity contribution in [1.82, 2.24) is 10.3 Å². The highest BCUT2D eigenvalue weighted by Gasteiger charge is 2.31. The van der Waals surface area contributed by atoms with Crippen LogP contribution in [0.5, 0.6) is 0 Å². The Morgan fingerprint density at radius 1 is 1.59 bits per heavy atom. The molecule has 1 fully saturated rings. The summed E-state index contributed by atoms with van der Waals surface area (Å²) in [6, 6.07) is -0.415. The first-order valence-corrected chi connectivity index (χ1v) is 7.83. The standard InChI is InChI=1S/C9H13N3O3S2/c13-8(12-9-10-3-4-16-9)11-6-7-2-1-5-17(7,14)15/h3-4,7H,1-2,5-6H2,(H2,10,11,12,13). The number of hydrogen-bond acceptors (Lipinski definition) is 5. The fourth-order valence-corrected chi connectivity index (χ4v) is 4.01. The quantitative estimate of drug-likeness (QED) is 0.855. The van der Waals surface area contributed by atoms with Crippen molar-refractivity contribution in [2.24, 2.45) is 0 Å². The Balaban J connectivity index is 1.81. The van der Waals surface area contributed by atoms with Gasteiger partial charge in [-0.2, -0.15) is 0 Å². The van der Waals surface area contributed by atoms with E-state index in [2.05, 4.69) is 15.6 Å². The Kier molecular flexibility index (Phi) is 3.63. The minimum atomic E-state index is -3.00. The smallest absolute Gasteiger partial charge is 0.321 e. The van der Waals surface area contributed by atoms with E-state index in [4.69, 9.17) is 0 Å². The molecule has 1 saturated heterocycles. The predicted octanol–water partition coefficient (Wildman–Crippen LogP) is 0.842. The minimum absolute atomic E-state index is 0.166. The van der Waals surface area contributed by atoms with Crippen molar-refractivity contribution in [2.75, 3.05) is 17.6 Å². The van der Waals surface area contributed by atoms with Gasteiger partial charge in [0.1, 0.15) is 0 Å². The number of rotatable bonds is 3. The summed E-state index contributed by atoms with van der Waals surface area (Å²) < 4.78 is 23.0. The summed E-state index contributed by atoms with van der Waals surface area (Å²) in [7, 11) is -3.00. The highest BCUT2D eigenvalue weighted by molar-refractivity contribution is 7.92. The molecule has 1 atom stereocenters. The molecule has 0 aromatic carbocycles. The second-order valence-corrected chi connectivity index (χ2v) is 7.10. The molecule has 94 valence electrons. The Morgan fingerprint density at radius 3 is 3.00 bits per heavy atom. The topological polar surface area (TPSA) is 88.2 Å². The molecule has 8 heteroatoms. The second-order valence-electron chi connectivity index (χ2n) is 3.80. The molecule has 17 heavy (non-hydrogen) atoms. The molecule has 0 bridgehead atoms. The fraction of sp³-hybridized carbons (Fsp3) is 0.556. The molecular formula is C9H13N3O3S2. The zero-order chi connectivity index (χ0) is 12.3. The molecule has 1 aromatic heterocycles. The molecule has 2 N–H and O–H groups in total. The average molecular weight is 275 g/mol. The maximum Gasteiger partial charge on any atom is 0.321 e. The number of thiazole rings is 1. The van der Waals surface area contributed by atoms with E-state index in [1.165, 1.54) is 11.3 Å². The van der Waals surface area contributed by atoms with Gasteiger partial charge in [-0.15, -0.1) is 11.3 Å². The number of sulfone groups is 1. The van der Waals surface area contributed by atoms with E-state index in [0.29, 0.717) is 18.0 Å². The third kappa shape index (κ3) is 3.16.